The van der Waals surface area contributed by atoms with Crippen LogP contribution in [0.1, 0.15) is 32.3 Å². The molecule has 1 rings (SSSR count). The Morgan fingerprint density at radius 3 is 2.65 bits per heavy atom. The summed E-state index contributed by atoms with van der Waals surface area (Å²) in [4.78, 5) is 8.81. The molecule has 0 aliphatic rings. The Balaban J connectivity index is 2.65. The van der Waals surface area contributed by atoms with Gasteiger partial charge in [0.25, 0.3) is 6.43 Å². The van der Waals surface area contributed by atoms with Crippen molar-refractivity contribution in [2.24, 2.45) is 5.92 Å². The minimum atomic E-state index is -2.43. The third-order valence-electron chi connectivity index (χ3n) is 2.51. The maximum absolute atomic E-state index is 12.0. The van der Waals surface area contributed by atoms with Gasteiger partial charge in [-0.15, -0.1) is 0 Å². The molecular formula is C14H23F2N3O. The monoisotopic (exact) mass is 287 g/mol. The normalized spacial score (nSPS) is 11.3. The first-order valence-corrected chi connectivity index (χ1v) is 6.97. The van der Waals surface area contributed by atoms with E-state index in [1.165, 1.54) is 0 Å². The number of alkyl halides is 2. The van der Waals surface area contributed by atoms with Gasteiger partial charge in [-0.2, -0.15) is 0 Å². The van der Waals surface area contributed by atoms with E-state index in [1.54, 1.807) is 0 Å². The number of hydrogen-bond acceptors (Lipinski definition) is 4. The van der Waals surface area contributed by atoms with Gasteiger partial charge in [-0.05, 0) is 19.3 Å². The number of nitrogens with one attached hydrogen (secondary N) is 1. The number of halogens is 2. The first kappa shape index (κ1) is 16.8. The lowest BCUT2D eigenvalue weighted by molar-refractivity contribution is 0.0183. The third kappa shape index (κ3) is 6.75. The molecule has 0 unspecified atom stereocenters. The van der Waals surface area contributed by atoms with Crippen LogP contribution in [0, 0.1) is 5.92 Å². The smallest absolute Gasteiger partial charge is 0.261 e. The highest BCUT2D eigenvalue weighted by Gasteiger charge is 2.07. The molecule has 0 fully saturated rings. The molecule has 1 heterocycles. The lowest BCUT2D eigenvalue weighted by Gasteiger charge is -2.10. The van der Waals surface area contributed by atoms with Crippen LogP contribution in [0.15, 0.2) is 6.07 Å². The molecule has 0 bridgehead atoms. The summed E-state index contributed by atoms with van der Waals surface area (Å²) in [5.74, 6) is 1.91. The molecule has 1 aromatic heterocycles. The van der Waals surface area contributed by atoms with Crippen molar-refractivity contribution in [3.63, 3.8) is 0 Å². The van der Waals surface area contributed by atoms with Gasteiger partial charge in [0.2, 0.25) is 0 Å². The van der Waals surface area contributed by atoms with Gasteiger partial charge >= 0.3 is 0 Å². The highest BCUT2D eigenvalue weighted by molar-refractivity contribution is 5.36. The van der Waals surface area contributed by atoms with E-state index in [9.17, 15) is 8.78 Å². The number of nitrogens with zero attached hydrogens (tertiary/aromatic N) is 2. The summed E-state index contributed by atoms with van der Waals surface area (Å²) < 4.78 is 28.8. The van der Waals surface area contributed by atoms with Crippen LogP contribution < -0.4 is 5.32 Å². The number of rotatable bonds is 9. The topological polar surface area (TPSA) is 47.0 Å². The van der Waals surface area contributed by atoms with Gasteiger partial charge in [0, 0.05) is 24.7 Å². The van der Waals surface area contributed by atoms with Crippen molar-refractivity contribution < 1.29 is 13.5 Å². The standard InChI is InChI=1S/C14H23F2N3O/c1-4-17-14-8-11(7-10(2)3)18-13(19-14)5-6-20-9-12(15)16/h8,10,12H,4-7,9H2,1-3H3,(H,17,18,19). The maximum atomic E-state index is 12.0. The van der Waals surface area contributed by atoms with Crippen LogP contribution in [0.25, 0.3) is 0 Å². The summed E-state index contributed by atoms with van der Waals surface area (Å²) in [6.45, 7) is 6.70. The average Bonchev–Trinajstić information content (AvgIpc) is 2.34. The second kappa shape index (κ2) is 8.79. The lowest BCUT2D eigenvalue weighted by atomic mass is 10.1. The Kier molecular flexibility index (Phi) is 7.36. The van der Waals surface area contributed by atoms with E-state index in [0.717, 1.165) is 24.5 Å². The molecule has 0 radical (unpaired) electrons. The van der Waals surface area contributed by atoms with Crippen LogP contribution >= 0.6 is 0 Å². The van der Waals surface area contributed by atoms with Crippen molar-refractivity contribution in [3.05, 3.63) is 17.6 Å². The summed E-state index contributed by atoms with van der Waals surface area (Å²) in [6.07, 6.45) is -1.12. The second-order valence-corrected chi connectivity index (χ2v) is 5.01. The average molecular weight is 287 g/mol. The van der Waals surface area contributed by atoms with Gasteiger partial charge in [0.05, 0.1) is 6.61 Å². The fourth-order valence-corrected chi connectivity index (χ4v) is 1.79. The molecule has 0 aliphatic carbocycles. The van der Waals surface area contributed by atoms with Crippen LogP contribution in [-0.4, -0.2) is 36.2 Å². The molecule has 0 spiro atoms. The Labute approximate surface area is 119 Å². The molecule has 1 N–H and O–H groups in total. The molecule has 0 atom stereocenters. The van der Waals surface area contributed by atoms with E-state index < -0.39 is 13.0 Å². The van der Waals surface area contributed by atoms with Gasteiger partial charge in [-0.3, -0.25) is 0 Å². The Hall–Kier alpha value is -1.30. The molecule has 114 valence electrons. The zero-order chi connectivity index (χ0) is 15.0. The molecule has 4 nitrogen and oxygen atoms in total. The van der Waals surface area contributed by atoms with Crippen molar-refractivity contribution >= 4 is 5.82 Å². The van der Waals surface area contributed by atoms with Crippen LogP contribution in [0.3, 0.4) is 0 Å². The predicted molar refractivity (Wildman–Crippen MR) is 75.3 cm³/mol. The summed E-state index contributed by atoms with van der Waals surface area (Å²) in [5, 5.41) is 3.16. The molecule has 0 saturated heterocycles. The van der Waals surface area contributed by atoms with Gasteiger partial charge in [0.1, 0.15) is 18.2 Å². The molecule has 0 saturated carbocycles. The minimum absolute atomic E-state index is 0.209. The van der Waals surface area contributed by atoms with E-state index >= 15 is 0 Å². The maximum Gasteiger partial charge on any atom is 0.261 e. The van der Waals surface area contributed by atoms with Gasteiger partial charge in [-0.25, -0.2) is 18.7 Å². The van der Waals surface area contributed by atoms with Crippen molar-refractivity contribution in [2.75, 3.05) is 25.1 Å². The summed E-state index contributed by atoms with van der Waals surface area (Å²) >= 11 is 0. The number of ether oxygens (including phenoxy) is 1. The number of hydrogen-bond donors (Lipinski definition) is 1. The van der Waals surface area contributed by atoms with Gasteiger partial charge in [-0.1, -0.05) is 13.8 Å². The first-order valence-electron chi connectivity index (χ1n) is 6.97. The van der Waals surface area contributed by atoms with Crippen LogP contribution in [0.5, 0.6) is 0 Å². The van der Waals surface area contributed by atoms with Crippen LogP contribution in [-0.2, 0) is 17.6 Å². The lowest BCUT2D eigenvalue weighted by Crippen LogP contribution is -2.11. The fourth-order valence-electron chi connectivity index (χ4n) is 1.79. The van der Waals surface area contributed by atoms with Crippen LogP contribution in [0.4, 0.5) is 14.6 Å². The molecule has 20 heavy (non-hydrogen) atoms. The third-order valence-corrected chi connectivity index (χ3v) is 2.51. The second-order valence-electron chi connectivity index (χ2n) is 5.01. The predicted octanol–water partition coefficient (Wildman–Crippen LogP) is 2.93. The Bertz CT molecular complexity index is 400. The minimum Gasteiger partial charge on any atom is -0.375 e. The Morgan fingerprint density at radius 2 is 2.05 bits per heavy atom. The molecule has 6 heteroatoms. The van der Waals surface area contributed by atoms with E-state index in [4.69, 9.17) is 4.74 Å². The molecular weight excluding hydrogens is 264 g/mol. The molecule has 1 aromatic rings. The van der Waals surface area contributed by atoms with Crippen molar-refractivity contribution in [1.29, 1.82) is 0 Å². The molecule has 0 aliphatic heterocycles. The largest absolute Gasteiger partial charge is 0.375 e. The number of anilines is 1. The highest BCUT2D eigenvalue weighted by Crippen LogP contribution is 2.11. The van der Waals surface area contributed by atoms with E-state index in [-0.39, 0.29) is 6.61 Å². The van der Waals surface area contributed by atoms with E-state index in [0.29, 0.717) is 18.2 Å². The van der Waals surface area contributed by atoms with Gasteiger partial charge in [0.15, 0.2) is 0 Å². The molecule has 0 aromatic carbocycles. The van der Waals surface area contributed by atoms with Crippen molar-refractivity contribution in [2.45, 2.75) is 40.0 Å². The summed E-state index contributed by atoms with van der Waals surface area (Å²) in [6, 6.07) is 1.94. The van der Waals surface area contributed by atoms with Gasteiger partial charge < -0.3 is 10.1 Å². The first-order chi connectivity index (χ1) is 9.51. The summed E-state index contributed by atoms with van der Waals surface area (Å²) in [7, 11) is 0. The van der Waals surface area contributed by atoms with Crippen molar-refractivity contribution in [1.82, 2.24) is 9.97 Å². The zero-order valence-electron chi connectivity index (χ0n) is 12.3. The zero-order valence-corrected chi connectivity index (χ0v) is 12.3. The quantitative estimate of drug-likeness (QED) is 0.709. The van der Waals surface area contributed by atoms with Crippen LogP contribution in [0.2, 0.25) is 0 Å². The number of aromatic nitrogens is 2. The SMILES string of the molecule is CCNc1cc(CC(C)C)nc(CCOCC(F)F)n1. The fraction of sp³-hybridized carbons (Fsp3) is 0.714. The summed E-state index contributed by atoms with van der Waals surface area (Å²) in [5.41, 5.74) is 0.967. The van der Waals surface area contributed by atoms with E-state index in [2.05, 4.69) is 29.1 Å². The highest BCUT2D eigenvalue weighted by atomic mass is 19.3. The van der Waals surface area contributed by atoms with E-state index in [1.807, 2.05) is 13.0 Å². The molecule has 0 amide bonds. The van der Waals surface area contributed by atoms with Crippen molar-refractivity contribution in [3.8, 4) is 0 Å². The Morgan fingerprint density at radius 1 is 1.30 bits per heavy atom.